The predicted molar refractivity (Wildman–Crippen MR) is 87.4 cm³/mol. The van der Waals surface area contributed by atoms with Crippen LogP contribution in [0.25, 0.3) is 5.70 Å². The van der Waals surface area contributed by atoms with E-state index in [0.717, 1.165) is 22.8 Å². The Balaban J connectivity index is 2.24. The van der Waals surface area contributed by atoms with Crippen molar-refractivity contribution in [1.82, 2.24) is 5.32 Å². The van der Waals surface area contributed by atoms with Gasteiger partial charge < -0.3 is 14.8 Å². The van der Waals surface area contributed by atoms with Crippen LogP contribution in [-0.4, -0.2) is 27.1 Å². The molecule has 1 N–H and O–H groups in total. The van der Waals surface area contributed by atoms with Gasteiger partial charge in [-0.1, -0.05) is 0 Å². The van der Waals surface area contributed by atoms with Gasteiger partial charge in [-0.15, -0.1) is 0 Å². The molecular weight excluding hydrogens is 278 g/mol. The molecule has 2 rings (SSSR count). The van der Waals surface area contributed by atoms with E-state index < -0.39 is 0 Å². The molecule has 0 aliphatic heterocycles. The van der Waals surface area contributed by atoms with E-state index in [-0.39, 0.29) is 5.78 Å². The van der Waals surface area contributed by atoms with Gasteiger partial charge in [0.2, 0.25) is 0 Å². The van der Waals surface area contributed by atoms with Gasteiger partial charge in [0.25, 0.3) is 0 Å². The first-order valence-corrected chi connectivity index (χ1v) is 6.90. The van der Waals surface area contributed by atoms with Crippen molar-refractivity contribution in [3.05, 3.63) is 65.7 Å². The van der Waals surface area contributed by atoms with Crippen LogP contribution in [0.4, 0.5) is 0 Å². The van der Waals surface area contributed by atoms with Gasteiger partial charge >= 0.3 is 0 Å². The van der Waals surface area contributed by atoms with Gasteiger partial charge in [-0.2, -0.15) is 0 Å². The number of methoxy groups -OCH3 is 2. The van der Waals surface area contributed by atoms with Crippen molar-refractivity contribution in [2.24, 2.45) is 0 Å². The zero-order valence-electron chi connectivity index (χ0n) is 12.9. The van der Waals surface area contributed by atoms with Crippen molar-refractivity contribution in [1.29, 1.82) is 0 Å². The van der Waals surface area contributed by atoms with Gasteiger partial charge in [0, 0.05) is 24.4 Å². The molecule has 2 aromatic carbocycles. The zero-order chi connectivity index (χ0) is 15.9. The lowest BCUT2D eigenvalue weighted by atomic mass is 10.1. The second kappa shape index (κ2) is 7.31. The summed E-state index contributed by atoms with van der Waals surface area (Å²) >= 11 is 0. The lowest BCUT2D eigenvalue weighted by molar-refractivity contribution is 0.104. The van der Waals surface area contributed by atoms with Gasteiger partial charge in [-0.3, -0.25) is 4.79 Å². The summed E-state index contributed by atoms with van der Waals surface area (Å²) in [5.41, 5.74) is 2.29. The van der Waals surface area contributed by atoms with Crippen molar-refractivity contribution in [2.45, 2.75) is 0 Å². The molecule has 4 heteroatoms. The Morgan fingerprint density at radius 3 is 1.73 bits per heavy atom. The Morgan fingerprint density at radius 2 is 1.32 bits per heavy atom. The maximum absolute atomic E-state index is 12.3. The molecule has 0 atom stereocenters. The average Bonchev–Trinajstić information content (AvgIpc) is 2.59. The second-order valence-electron chi connectivity index (χ2n) is 4.63. The molecule has 0 radical (unpaired) electrons. The molecule has 0 bridgehead atoms. The molecule has 0 spiro atoms. The Hall–Kier alpha value is -2.75. The molecule has 114 valence electrons. The number of carbonyl (C=O) groups is 1. The number of hydrogen-bond acceptors (Lipinski definition) is 4. The quantitative estimate of drug-likeness (QED) is 0.657. The average molecular weight is 297 g/mol. The number of allylic oxidation sites excluding steroid dienone is 1. The molecule has 0 saturated carbocycles. The number of ether oxygens (including phenoxy) is 2. The predicted octanol–water partition coefficient (Wildman–Crippen LogP) is 3.15. The van der Waals surface area contributed by atoms with Gasteiger partial charge in [0.15, 0.2) is 5.78 Å². The van der Waals surface area contributed by atoms with E-state index in [2.05, 4.69) is 5.32 Å². The van der Waals surface area contributed by atoms with Gasteiger partial charge in [0.05, 0.1) is 14.2 Å². The lowest BCUT2D eigenvalue weighted by Crippen LogP contribution is -2.07. The summed E-state index contributed by atoms with van der Waals surface area (Å²) in [5, 5.41) is 3.05. The van der Waals surface area contributed by atoms with Crippen LogP contribution in [0.3, 0.4) is 0 Å². The summed E-state index contributed by atoms with van der Waals surface area (Å²) < 4.78 is 10.2. The van der Waals surface area contributed by atoms with E-state index in [4.69, 9.17) is 9.47 Å². The Labute approximate surface area is 130 Å². The number of carbonyl (C=O) groups excluding carboxylic acids is 1. The summed E-state index contributed by atoms with van der Waals surface area (Å²) in [5.74, 6) is 1.44. The number of rotatable bonds is 6. The van der Waals surface area contributed by atoms with Crippen molar-refractivity contribution >= 4 is 11.5 Å². The van der Waals surface area contributed by atoms with Crippen molar-refractivity contribution in [3.8, 4) is 11.5 Å². The van der Waals surface area contributed by atoms with E-state index in [0.29, 0.717) is 5.56 Å². The van der Waals surface area contributed by atoms with Crippen LogP contribution < -0.4 is 14.8 Å². The fourth-order valence-electron chi connectivity index (χ4n) is 2.04. The molecular formula is C18H19NO3. The molecule has 0 aliphatic rings. The molecule has 0 fully saturated rings. The number of hydrogen-bond donors (Lipinski definition) is 1. The van der Waals surface area contributed by atoms with Crippen LogP contribution in [0, 0.1) is 0 Å². The van der Waals surface area contributed by atoms with Gasteiger partial charge in [-0.25, -0.2) is 0 Å². The molecule has 0 amide bonds. The summed E-state index contributed by atoms with van der Waals surface area (Å²) in [4.78, 5) is 12.3. The molecule has 0 aliphatic carbocycles. The van der Waals surface area contributed by atoms with Gasteiger partial charge in [0.1, 0.15) is 11.5 Å². The largest absolute Gasteiger partial charge is 0.497 e. The summed E-state index contributed by atoms with van der Waals surface area (Å²) in [6, 6.07) is 14.6. The summed E-state index contributed by atoms with van der Waals surface area (Å²) in [7, 11) is 5.01. The topological polar surface area (TPSA) is 47.6 Å². The summed E-state index contributed by atoms with van der Waals surface area (Å²) in [6.45, 7) is 0. The molecule has 2 aromatic rings. The van der Waals surface area contributed by atoms with E-state index in [9.17, 15) is 4.79 Å². The third-order valence-corrected chi connectivity index (χ3v) is 3.32. The fourth-order valence-corrected chi connectivity index (χ4v) is 2.04. The molecule has 0 heterocycles. The maximum Gasteiger partial charge on any atom is 0.187 e. The van der Waals surface area contributed by atoms with Gasteiger partial charge in [-0.05, 0) is 54.1 Å². The smallest absolute Gasteiger partial charge is 0.187 e. The van der Waals surface area contributed by atoms with Crippen molar-refractivity contribution < 1.29 is 14.3 Å². The number of nitrogens with one attached hydrogen (secondary N) is 1. The van der Waals surface area contributed by atoms with E-state index in [1.807, 2.05) is 24.3 Å². The first-order chi connectivity index (χ1) is 10.7. The number of ketones is 1. The lowest BCUT2D eigenvalue weighted by Gasteiger charge is -2.08. The standard InChI is InChI=1S/C18H19NO3/c1-19-17(13-4-8-15(21-2)9-5-13)12-18(20)14-6-10-16(22-3)11-7-14/h4-12,19H,1-3H3/b17-12-. The van der Waals surface area contributed by atoms with E-state index in [1.54, 1.807) is 51.6 Å². The van der Waals surface area contributed by atoms with Crippen LogP contribution in [-0.2, 0) is 0 Å². The molecule has 0 saturated heterocycles. The highest BCUT2D eigenvalue weighted by Gasteiger charge is 2.07. The van der Waals surface area contributed by atoms with Crippen LogP contribution in [0.5, 0.6) is 11.5 Å². The first-order valence-electron chi connectivity index (χ1n) is 6.90. The SMILES string of the molecule is CN/C(=C\C(=O)c1ccc(OC)cc1)c1ccc(OC)cc1. The van der Waals surface area contributed by atoms with E-state index >= 15 is 0 Å². The third-order valence-electron chi connectivity index (χ3n) is 3.32. The molecule has 0 aromatic heterocycles. The minimum Gasteiger partial charge on any atom is -0.497 e. The fraction of sp³-hybridized carbons (Fsp3) is 0.167. The first kappa shape index (κ1) is 15.6. The second-order valence-corrected chi connectivity index (χ2v) is 4.63. The van der Waals surface area contributed by atoms with Crippen molar-refractivity contribution in [3.63, 3.8) is 0 Å². The summed E-state index contributed by atoms with van der Waals surface area (Å²) in [6.07, 6.45) is 1.59. The molecule has 4 nitrogen and oxygen atoms in total. The Kier molecular flexibility index (Phi) is 5.20. The van der Waals surface area contributed by atoms with Crippen LogP contribution in [0.15, 0.2) is 54.6 Å². The maximum atomic E-state index is 12.3. The van der Waals surface area contributed by atoms with E-state index in [1.165, 1.54) is 0 Å². The van der Waals surface area contributed by atoms with Crippen molar-refractivity contribution in [2.75, 3.05) is 21.3 Å². The highest BCUT2D eigenvalue weighted by atomic mass is 16.5. The number of benzene rings is 2. The van der Waals surface area contributed by atoms with Crippen LogP contribution in [0.2, 0.25) is 0 Å². The highest BCUT2D eigenvalue weighted by Crippen LogP contribution is 2.18. The highest BCUT2D eigenvalue weighted by molar-refractivity contribution is 6.08. The molecule has 0 unspecified atom stereocenters. The third kappa shape index (κ3) is 3.67. The zero-order valence-corrected chi connectivity index (χ0v) is 12.9. The Bertz CT molecular complexity index is 658. The molecule has 22 heavy (non-hydrogen) atoms. The van der Waals surface area contributed by atoms with Crippen LogP contribution >= 0.6 is 0 Å². The van der Waals surface area contributed by atoms with Crippen LogP contribution in [0.1, 0.15) is 15.9 Å². The monoisotopic (exact) mass is 297 g/mol. The minimum absolute atomic E-state index is 0.0668. The minimum atomic E-state index is -0.0668. The Morgan fingerprint density at radius 1 is 0.864 bits per heavy atom. The normalized spacial score (nSPS) is 11.0.